The lowest BCUT2D eigenvalue weighted by Gasteiger charge is -2.12. The quantitative estimate of drug-likeness (QED) is 0.618. The van der Waals surface area contributed by atoms with E-state index in [1.807, 2.05) is 49.5 Å². The zero-order valence-electron chi connectivity index (χ0n) is 12.0. The van der Waals surface area contributed by atoms with E-state index >= 15 is 0 Å². The van der Waals surface area contributed by atoms with Crippen molar-refractivity contribution < 1.29 is 14.7 Å². The number of likely N-dealkylation sites (N-methyl/N-ethyl adjacent to an activating group) is 1. The van der Waals surface area contributed by atoms with Gasteiger partial charge in [0.05, 0.1) is 0 Å². The van der Waals surface area contributed by atoms with Crippen LogP contribution in [0.25, 0.3) is 0 Å². The summed E-state index contributed by atoms with van der Waals surface area (Å²) in [5, 5.41) is 14.3. The first kappa shape index (κ1) is 16.7. The van der Waals surface area contributed by atoms with Crippen LogP contribution in [0.1, 0.15) is 6.92 Å². The van der Waals surface area contributed by atoms with Crippen molar-refractivity contribution >= 4 is 11.9 Å². The molecular weight excluding hydrogens is 268 g/mol. The van der Waals surface area contributed by atoms with Gasteiger partial charge in [-0.25, -0.2) is 0 Å². The van der Waals surface area contributed by atoms with Crippen LogP contribution in [0.3, 0.4) is 0 Å². The Balaban J connectivity index is 2.49. The Morgan fingerprint density at radius 1 is 1.24 bits per heavy atom. The Morgan fingerprint density at radius 3 is 2.67 bits per heavy atom. The zero-order chi connectivity index (χ0) is 15.5. The van der Waals surface area contributed by atoms with Crippen molar-refractivity contribution in [1.82, 2.24) is 10.6 Å². The summed E-state index contributed by atoms with van der Waals surface area (Å²) < 4.78 is 0. The van der Waals surface area contributed by atoms with Crippen molar-refractivity contribution in [3.05, 3.63) is 60.3 Å². The molecule has 1 rings (SSSR count). The Hall–Kier alpha value is -2.40. The molecule has 3 N–H and O–H groups in total. The van der Waals surface area contributed by atoms with Gasteiger partial charge in [0.15, 0.2) is 0 Å². The largest absolute Gasteiger partial charge is 0.480 e. The topological polar surface area (TPSA) is 78.4 Å². The third kappa shape index (κ3) is 7.08. The van der Waals surface area contributed by atoms with Gasteiger partial charge in [0.2, 0.25) is 5.91 Å². The first-order valence-corrected chi connectivity index (χ1v) is 6.77. The summed E-state index contributed by atoms with van der Waals surface area (Å²) in [5.74, 6) is -1.31. The molecule has 0 bridgehead atoms. The third-order valence-electron chi connectivity index (χ3n) is 2.68. The lowest BCUT2D eigenvalue weighted by Crippen LogP contribution is -2.45. The number of amides is 1. The van der Waals surface area contributed by atoms with Crippen molar-refractivity contribution in [3.63, 3.8) is 0 Å². The van der Waals surface area contributed by atoms with Gasteiger partial charge in [-0.05, 0) is 18.2 Å². The van der Waals surface area contributed by atoms with Crippen molar-refractivity contribution in [2.75, 3.05) is 13.1 Å². The molecule has 1 atom stereocenters. The standard InChI is InChI=1S/C16H20N2O3/c1-2-17-14(16(20)21)12-18-15(19)11-10-13-8-6-4-3-5-7-9-13/h3-11,14,17H,2,12H2,1H3,(H,18,19)(H,20,21)/b4-3+,5-3?,6-4?,7-5-,8-6+,9-7?,11-10+,13-8?,13-9+. The molecule has 1 aliphatic carbocycles. The van der Waals surface area contributed by atoms with Crippen LogP contribution in [0.5, 0.6) is 0 Å². The van der Waals surface area contributed by atoms with Crippen LogP contribution in [-0.4, -0.2) is 36.1 Å². The number of hydrogen-bond acceptors (Lipinski definition) is 3. The summed E-state index contributed by atoms with van der Waals surface area (Å²) in [5.41, 5.74) is 0.882. The Bertz CT molecular complexity index is 514. The molecule has 0 radical (unpaired) electrons. The highest BCUT2D eigenvalue weighted by Crippen LogP contribution is 2.03. The van der Waals surface area contributed by atoms with Crippen molar-refractivity contribution in [2.24, 2.45) is 0 Å². The second-order valence-electron chi connectivity index (χ2n) is 4.32. The average Bonchev–Trinajstić information content (AvgIpc) is 2.41. The van der Waals surface area contributed by atoms with Gasteiger partial charge >= 0.3 is 5.97 Å². The van der Waals surface area contributed by atoms with Gasteiger partial charge < -0.3 is 15.7 Å². The molecule has 0 fully saturated rings. The molecule has 1 amide bonds. The summed E-state index contributed by atoms with van der Waals surface area (Å²) >= 11 is 0. The fraction of sp³-hybridized carbons (Fsp3) is 0.250. The van der Waals surface area contributed by atoms with E-state index in [0.717, 1.165) is 5.57 Å². The fourth-order valence-corrected chi connectivity index (χ4v) is 1.62. The molecule has 0 aliphatic heterocycles. The zero-order valence-corrected chi connectivity index (χ0v) is 12.0. The van der Waals surface area contributed by atoms with Gasteiger partial charge in [0.25, 0.3) is 0 Å². The normalized spacial score (nSPS) is 22.4. The van der Waals surface area contributed by atoms with Gasteiger partial charge in [-0.3, -0.25) is 9.59 Å². The minimum atomic E-state index is -0.983. The molecule has 5 nitrogen and oxygen atoms in total. The van der Waals surface area contributed by atoms with Crippen LogP contribution >= 0.6 is 0 Å². The van der Waals surface area contributed by atoms with Crippen LogP contribution < -0.4 is 10.6 Å². The predicted molar refractivity (Wildman–Crippen MR) is 82.8 cm³/mol. The van der Waals surface area contributed by atoms with E-state index in [4.69, 9.17) is 5.11 Å². The predicted octanol–water partition coefficient (Wildman–Crippen LogP) is 1.33. The van der Waals surface area contributed by atoms with Crippen LogP contribution in [-0.2, 0) is 9.59 Å². The minimum absolute atomic E-state index is 0.0455. The second-order valence-corrected chi connectivity index (χ2v) is 4.32. The molecule has 0 aromatic rings. The van der Waals surface area contributed by atoms with E-state index in [2.05, 4.69) is 10.6 Å². The summed E-state index contributed by atoms with van der Waals surface area (Å²) in [6.07, 6.45) is 16.3. The van der Waals surface area contributed by atoms with E-state index in [1.165, 1.54) is 6.08 Å². The lowest BCUT2D eigenvalue weighted by atomic mass is 10.1. The molecule has 0 heterocycles. The Kier molecular flexibility index (Phi) is 7.53. The maximum Gasteiger partial charge on any atom is 0.322 e. The monoisotopic (exact) mass is 288 g/mol. The first-order chi connectivity index (χ1) is 10.1. The fourth-order valence-electron chi connectivity index (χ4n) is 1.62. The summed E-state index contributed by atoms with van der Waals surface area (Å²) in [4.78, 5) is 22.6. The van der Waals surface area contributed by atoms with E-state index in [1.54, 1.807) is 6.08 Å². The second kappa shape index (κ2) is 9.50. The molecule has 1 aliphatic rings. The number of carboxylic acid groups (broad SMARTS) is 1. The number of rotatable bonds is 7. The highest BCUT2D eigenvalue weighted by molar-refractivity contribution is 5.88. The highest BCUT2D eigenvalue weighted by atomic mass is 16.4. The van der Waals surface area contributed by atoms with Gasteiger partial charge in [-0.15, -0.1) is 0 Å². The maximum atomic E-state index is 11.7. The number of carbonyl (C=O) groups is 2. The van der Waals surface area contributed by atoms with Gasteiger partial charge in [-0.2, -0.15) is 0 Å². The molecule has 0 spiro atoms. The van der Waals surface area contributed by atoms with E-state index in [9.17, 15) is 9.59 Å². The number of allylic oxidation sites excluding steroid dienone is 9. The molecule has 1 unspecified atom stereocenters. The number of aliphatic carboxylic acids is 1. The third-order valence-corrected chi connectivity index (χ3v) is 2.68. The number of carbonyl (C=O) groups excluding carboxylic acids is 1. The Labute approximate surface area is 124 Å². The highest BCUT2D eigenvalue weighted by Gasteiger charge is 2.15. The summed E-state index contributed by atoms with van der Waals surface area (Å²) in [6.45, 7) is 2.39. The van der Waals surface area contributed by atoms with Crippen molar-refractivity contribution in [2.45, 2.75) is 13.0 Å². The first-order valence-electron chi connectivity index (χ1n) is 6.77. The molecule has 21 heavy (non-hydrogen) atoms. The molecule has 0 saturated carbocycles. The molecule has 0 aromatic heterocycles. The van der Waals surface area contributed by atoms with Crippen LogP contribution in [0, 0.1) is 0 Å². The van der Waals surface area contributed by atoms with Crippen LogP contribution in [0.2, 0.25) is 0 Å². The molecule has 0 aromatic carbocycles. The number of hydrogen-bond donors (Lipinski definition) is 3. The SMILES string of the molecule is CCNC(CNC(=O)/C=C/C1=C/C=C\C=C\C=C\1)C(=O)O. The average molecular weight is 288 g/mol. The van der Waals surface area contributed by atoms with Gasteiger partial charge in [0, 0.05) is 12.6 Å². The van der Waals surface area contributed by atoms with Gasteiger partial charge in [0.1, 0.15) is 6.04 Å². The Morgan fingerprint density at radius 2 is 1.95 bits per heavy atom. The van der Waals surface area contributed by atoms with Crippen LogP contribution in [0.15, 0.2) is 60.3 Å². The summed E-state index contributed by atoms with van der Waals surface area (Å²) in [6, 6.07) is -0.777. The van der Waals surface area contributed by atoms with Crippen molar-refractivity contribution in [3.8, 4) is 0 Å². The lowest BCUT2D eigenvalue weighted by molar-refractivity contribution is -0.139. The molecular formula is C16H20N2O3. The molecule has 5 heteroatoms. The van der Waals surface area contributed by atoms with E-state index < -0.39 is 12.0 Å². The maximum absolute atomic E-state index is 11.7. The summed E-state index contributed by atoms with van der Waals surface area (Å²) in [7, 11) is 0. The number of nitrogens with one attached hydrogen (secondary N) is 2. The smallest absolute Gasteiger partial charge is 0.322 e. The van der Waals surface area contributed by atoms with Crippen molar-refractivity contribution in [1.29, 1.82) is 0 Å². The molecule has 112 valence electrons. The molecule has 0 saturated heterocycles. The minimum Gasteiger partial charge on any atom is -0.480 e. The van der Waals surface area contributed by atoms with E-state index in [-0.39, 0.29) is 12.5 Å². The van der Waals surface area contributed by atoms with Gasteiger partial charge in [-0.1, -0.05) is 49.5 Å². The van der Waals surface area contributed by atoms with Crippen LogP contribution in [0.4, 0.5) is 0 Å². The van der Waals surface area contributed by atoms with E-state index in [0.29, 0.717) is 6.54 Å². The number of carboxylic acids is 1.